The lowest BCUT2D eigenvalue weighted by atomic mass is 10.2. The number of amides is 2. The fourth-order valence-corrected chi connectivity index (χ4v) is 2.07. The van der Waals surface area contributed by atoms with Gasteiger partial charge in [-0.3, -0.25) is 9.59 Å². The largest absolute Gasteiger partial charge is 0.497 e. The predicted octanol–water partition coefficient (Wildman–Crippen LogP) is 2.93. The van der Waals surface area contributed by atoms with E-state index < -0.39 is 0 Å². The van der Waals surface area contributed by atoms with Crippen LogP contribution in [0, 0.1) is 0 Å². The number of ether oxygens (including phenoxy) is 2. The number of anilines is 2. The molecule has 2 aromatic rings. The fourth-order valence-electron chi connectivity index (χ4n) is 2.07. The van der Waals surface area contributed by atoms with Crippen molar-refractivity contribution in [2.24, 2.45) is 0 Å². The molecule has 0 atom stereocenters. The Balaban J connectivity index is 1.95. The summed E-state index contributed by atoms with van der Waals surface area (Å²) >= 11 is 0. The van der Waals surface area contributed by atoms with Crippen LogP contribution >= 0.6 is 0 Å². The van der Waals surface area contributed by atoms with E-state index in [-0.39, 0.29) is 18.4 Å². The Kier molecular flexibility index (Phi) is 6.74. The summed E-state index contributed by atoms with van der Waals surface area (Å²) in [6, 6.07) is 14.2. The van der Waals surface area contributed by atoms with E-state index in [4.69, 9.17) is 9.47 Å². The maximum Gasteiger partial charge on any atom is 0.250 e. The highest BCUT2D eigenvalue weighted by Crippen LogP contribution is 2.16. The molecular weight excluding hydrogens is 320 g/mol. The van der Waals surface area contributed by atoms with Crippen LogP contribution in [0.15, 0.2) is 54.6 Å². The van der Waals surface area contributed by atoms with Gasteiger partial charge in [0.1, 0.15) is 12.4 Å². The minimum Gasteiger partial charge on any atom is -0.497 e. The lowest BCUT2D eigenvalue weighted by Crippen LogP contribution is -2.17. The Morgan fingerprint density at radius 3 is 2.32 bits per heavy atom. The van der Waals surface area contributed by atoms with E-state index >= 15 is 0 Å². The van der Waals surface area contributed by atoms with Crippen LogP contribution in [0.5, 0.6) is 5.75 Å². The highest BCUT2D eigenvalue weighted by Gasteiger charge is 2.03. The molecular formula is C19H20N2O4. The molecule has 0 saturated carbocycles. The minimum atomic E-state index is -0.267. The van der Waals surface area contributed by atoms with E-state index in [0.717, 1.165) is 11.3 Å². The van der Waals surface area contributed by atoms with E-state index in [1.807, 2.05) is 24.3 Å². The van der Waals surface area contributed by atoms with E-state index in [0.29, 0.717) is 11.4 Å². The van der Waals surface area contributed by atoms with Crippen LogP contribution < -0.4 is 15.4 Å². The van der Waals surface area contributed by atoms with E-state index in [2.05, 4.69) is 10.6 Å². The maximum atomic E-state index is 12.0. The number of benzene rings is 2. The van der Waals surface area contributed by atoms with E-state index in [9.17, 15) is 9.59 Å². The number of methoxy groups -OCH3 is 2. The summed E-state index contributed by atoms with van der Waals surface area (Å²) in [6.45, 7) is -0.0266. The maximum absolute atomic E-state index is 12.0. The lowest BCUT2D eigenvalue weighted by molar-refractivity contribution is -0.119. The molecule has 2 amide bonds. The zero-order chi connectivity index (χ0) is 18.1. The lowest BCUT2D eigenvalue weighted by Gasteiger charge is -2.07. The van der Waals surface area contributed by atoms with Crippen molar-refractivity contribution in [2.75, 3.05) is 31.5 Å². The highest BCUT2D eigenvalue weighted by atomic mass is 16.5. The van der Waals surface area contributed by atoms with E-state index in [1.165, 1.54) is 13.2 Å². The van der Waals surface area contributed by atoms with Crippen molar-refractivity contribution in [3.05, 3.63) is 60.2 Å². The smallest absolute Gasteiger partial charge is 0.250 e. The second-order valence-corrected chi connectivity index (χ2v) is 5.16. The van der Waals surface area contributed by atoms with E-state index in [1.54, 1.807) is 37.5 Å². The zero-order valence-corrected chi connectivity index (χ0v) is 14.1. The molecule has 0 aromatic heterocycles. The molecule has 130 valence electrons. The second-order valence-electron chi connectivity index (χ2n) is 5.16. The Bertz CT molecular complexity index is 754. The van der Waals surface area contributed by atoms with Gasteiger partial charge in [-0.05, 0) is 42.0 Å². The molecule has 0 aliphatic carbocycles. The molecule has 0 saturated heterocycles. The summed E-state index contributed by atoms with van der Waals surface area (Å²) in [5.74, 6) is 0.232. The Morgan fingerprint density at radius 2 is 1.68 bits per heavy atom. The van der Waals surface area contributed by atoms with Crippen molar-refractivity contribution in [2.45, 2.75) is 0 Å². The summed E-state index contributed by atoms with van der Waals surface area (Å²) in [4.78, 5) is 23.5. The number of hydrogen-bond donors (Lipinski definition) is 2. The quantitative estimate of drug-likeness (QED) is 0.760. The van der Waals surface area contributed by atoms with Crippen LogP contribution in [0.3, 0.4) is 0 Å². The summed E-state index contributed by atoms with van der Waals surface area (Å²) in [5.41, 5.74) is 2.05. The van der Waals surface area contributed by atoms with Gasteiger partial charge >= 0.3 is 0 Å². The van der Waals surface area contributed by atoms with Crippen LogP contribution in [0.2, 0.25) is 0 Å². The number of nitrogens with one attached hydrogen (secondary N) is 2. The molecule has 0 fully saturated rings. The number of rotatable bonds is 7. The van der Waals surface area contributed by atoms with Crippen molar-refractivity contribution >= 4 is 29.3 Å². The van der Waals surface area contributed by atoms with Gasteiger partial charge in [-0.25, -0.2) is 0 Å². The average Bonchev–Trinajstić information content (AvgIpc) is 2.61. The summed E-state index contributed by atoms with van der Waals surface area (Å²) in [7, 11) is 3.05. The standard InChI is InChI=1S/C19H20N2O4/c1-24-13-19(23)21-16-5-3-4-15(12-16)20-18(22)11-8-14-6-9-17(25-2)10-7-14/h3-12H,13H2,1-2H3,(H,20,22)(H,21,23)/b11-8+. The molecule has 2 aromatic carbocycles. The van der Waals surface area contributed by atoms with Crippen LogP contribution in [0.1, 0.15) is 5.56 Å². The first kappa shape index (κ1) is 18.2. The van der Waals surface area contributed by atoms with Crippen molar-refractivity contribution in [1.82, 2.24) is 0 Å². The third-order valence-corrected chi connectivity index (χ3v) is 3.23. The summed E-state index contributed by atoms with van der Waals surface area (Å²) in [5, 5.41) is 5.43. The molecule has 2 rings (SSSR count). The summed E-state index contributed by atoms with van der Waals surface area (Å²) in [6.07, 6.45) is 3.15. The zero-order valence-electron chi connectivity index (χ0n) is 14.1. The summed E-state index contributed by atoms with van der Waals surface area (Å²) < 4.78 is 9.85. The SMILES string of the molecule is COCC(=O)Nc1cccc(NC(=O)/C=C/c2ccc(OC)cc2)c1. The number of hydrogen-bond acceptors (Lipinski definition) is 4. The van der Waals surface area contributed by atoms with Crippen LogP contribution in [0.4, 0.5) is 11.4 Å². The van der Waals surface area contributed by atoms with Crippen molar-refractivity contribution in [3.63, 3.8) is 0 Å². The van der Waals surface area contributed by atoms with Gasteiger partial charge < -0.3 is 20.1 Å². The first-order valence-electron chi connectivity index (χ1n) is 7.62. The first-order chi connectivity index (χ1) is 12.1. The normalized spacial score (nSPS) is 10.5. The first-order valence-corrected chi connectivity index (χ1v) is 7.62. The second kappa shape index (κ2) is 9.24. The van der Waals surface area contributed by atoms with Gasteiger partial charge in [-0.15, -0.1) is 0 Å². The third-order valence-electron chi connectivity index (χ3n) is 3.23. The molecule has 6 heteroatoms. The molecule has 2 N–H and O–H groups in total. The van der Waals surface area contributed by atoms with Gasteiger partial charge in [0.2, 0.25) is 11.8 Å². The average molecular weight is 340 g/mol. The molecule has 0 unspecified atom stereocenters. The number of carbonyl (C=O) groups excluding carboxylic acids is 2. The Hall–Kier alpha value is -3.12. The van der Waals surface area contributed by atoms with Gasteiger partial charge in [0.25, 0.3) is 0 Å². The van der Waals surface area contributed by atoms with Gasteiger partial charge in [-0.1, -0.05) is 18.2 Å². The highest BCUT2D eigenvalue weighted by molar-refractivity contribution is 6.02. The molecule has 0 spiro atoms. The van der Waals surface area contributed by atoms with Crippen molar-refractivity contribution in [3.8, 4) is 5.75 Å². The fraction of sp³-hybridized carbons (Fsp3) is 0.158. The number of carbonyl (C=O) groups is 2. The van der Waals surface area contributed by atoms with Crippen LogP contribution in [0.25, 0.3) is 6.08 Å². The van der Waals surface area contributed by atoms with Gasteiger partial charge in [0.05, 0.1) is 7.11 Å². The Labute approximate surface area is 146 Å². The molecule has 0 aliphatic rings. The molecule has 0 radical (unpaired) electrons. The van der Waals surface area contributed by atoms with Gasteiger partial charge in [0.15, 0.2) is 0 Å². The van der Waals surface area contributed by atoms with Crippen molar-refractivity contribution < 1.29 is 19.1 Å². The van der Waals surface area contributed by atoms with Crippen LogP contribution in [-0.2, 0) is 14.3 Å². The monoisotopic (exact) mass is 340 g/mol. The molecule has 0 bridgehead atoms. The van der Waals surface area contributed by atoms with Crippen molar-refractivity contribution in [1.29, 1.82) is 0 Å². The van der Waals surface area contributed by atoms with Gasteiger partial charge in [-0.2, -0.15) is 0 Å². The molecule has 0 aliphatic heterocycles. The third kappa shape index (κ3) is 6.12. The Morgan fingerprint density at radius 1 is 1.00 bits per heavy atom. The predicted molar refractivity (Wildman–Crippen MR) is 97.6 cm³/mol. The van der Waals surface area contributed by atoms with Crippen LogP contribution in [-0.4, -0.2) is 32.6 Å². The molecule has 6 nitrogen and oxygen atoms in total. The molecule has 0 heterocycles. The van der Waals surface area contributed by atoms with Gasteiger partial charge in [0, 0.05) is 24.6 Å². The topological polar surface area (TPSA) is 76.7 Å². The molecule has 25 heavy (non-hydrogen) atoms. The minimum absolute atomic E-state index is 0.0266.